The van der Waals surface area contributed by atoms with Gasteiger partial charge in [-0.2, -0.15) is 0 Å². The molecule has 24 heavy (non-hydrogen) atoms. The van der Waals surface area contributed by atoms with E-state index in [-0.39, 0.29) is 4.45 Å². The number of aromatic nitrogens is 2. The molecule has 2 rings (SSSR count). The predicted molar refractivity (Wildman–Crippen MR) is 102 cm³/mol. The van der Waals surface area contributed by atoms with E-state index >= 15 is 0 Å². The van der Waals surface area contributed by atoms with Gasteiger partial charge in [-0.3, -0.25) is 4.79 Å². The van der Waals surface area contributed by atoms with Crippen molar-refractivity contribution in [2.45, 2.75) is 0 Å². The molecular formula is C16H22N5OS2+. The SMILES string of the molecule is CSC(=O)SCCN(C)c1ccc(/N=N/c2n(C)cc[n+]2C)cc1. The van der Waals surface area contributed by atoms with Crippen LogP contribution in [-0.4, -0.2) is 34.6 Å². The topological polar surface area (TPSA) is 53.8 Å². The van der Waals surface area contributed by atoms with Gasteiger partial charge in [0, 0.05) is 30.1 Å². The Morgan fingerprint density at radius 2 is 2.00 bits per heavy atom. The second kappa shape index (κ2) is 8.89. The Bertz CT molecular complexity index is 692. The highest BCUT2D eigenvalue weighted by atomic mass is 32.2. The van der Waals surface area contributed by atoms with Crippen LogP contribution < -0.4 is 9.47 Å². The molecule has 0 spiro atoms. The van der Waals surface area contributed by atoms with Crippen LogP contribution in [0.5, 0.6) is 0 Å². The van der Waals surface area contributed by atoms with Crippen LogP contribution in [0.25, 0.3) is 0 Å². The van der Waals surface area contributed by atoms with Crippen LogP contribution in [0, 0.1) is 0 Å². The zero-order valence-corrected chi connectivity index (χ0v) is 16.0. The van der Waals surface area contributed by atoms with Gasteiger partial charge < -0.3 is 4.90 Å². The van der Waals surface area contributed by atoms with Gasteiger partial charge in [0.15, 0.2) is 0 Å². The van der Waals surface area contributed by atoms with Gasteiger partial charge in [-0.15, -0.1) is 0 Å². The second-order valence-corrected chi connectivity index (χ2v) is 7.37. The number of benzene rings is 1. The number of hydrogen-bond acceptors (Lipinski definition) is 6. The van der Waals surface area contributed by atoms with Crippen LogP contribution in [-0.2, 0) is 14.1 Å². The predicted octanol–water partition coefficient (Wildman–Crippen LogP) is 3.92. The molecule has 0 fully saturated rings. The molecule has 2 aromatic rings. The summed E-state index contributed by atoms with van der Waals surface area (Å²) >= 11 is 2.62. The van der Waals surface area contributed by atoms with E-state index in [4.69, 9.17) is 0 Å². The summed E-state index contributed by atoms with van der Waals surface area (Å²) in [7, 11) is 5.89. The number of thioether (sulfide) groups is 2. The van der Waals surface area contributed by atoms with Crippen molar-refractivity contribution in [1.82, 2.24) is 4.57 Å². The van der Waals surface area contributed by atoms with Crippen molar-refractivity contribution < 1.29 is 9.36 Å². The number of rotatable bonds is 6. The number of hydrogen-bond donors (Lipinski definition) is 0. The van der Waals surface area contributed by atoms with Crippen molar-refractivity contribution in [2.24, 2.45) is 24.3 Å². The van der Waals surface area contributed by atoms with Gasteiger partial charge >= 0.3 is 5.95 Å². The summed E-state index contributed by atoms with van der Waals surface area (Å²) in [6.07, 6.45) is 5.68. The Morgan fingerprint density at radius 3 is 2.58 bits per heavy atom. The molecule has 0 saturated carbocycles. The van der Waals surface area contributed by atoms with E-state index in [0.717, 1.165) is 29.6 Å². The van der Waals surface area contributed by atoms with E-state index in [9.17, 15) is 4.79 Å². The van der Waals surface area contributed by atoms with Gasteiger partial charge in [0.2, 0.25) is 4.45 Å². The molecule has 0 bridgehead atoms. The van der Waals surface area contributed by atoms with Crippen molar-refractivity contribution in [1.29, 1.82) is 0 Å². The minimum atomic E-state index is 0.160. The van der Waals surface area contributed by atoms with Crippen molar-refractivity contribution >= 4 is 45.3 Å². The first kappa shape index (κ1) is 18.5. The number of azo groups is 1. The molecule has 0 saturated heterocycles. The first-order chi connectivity index (χ1) is 11.5. The third-order valence-corrected chi connectivity index (χ3v) is 5.31. The third kappa shape index (κ3) is 5.10. The Labute approximate surface area is 151 Å². The lowest BCUT2D eigenvalue weighted by Crippen LogP contribution is -2.25. The van der Waals surface area contributed by atoms with E-state index < -0.39 is 0 Å². The molecule has 0 amide bonds. The Hall–Kier alpha value is -1.80. The molecule has 6 nitrogen and oxygen atoms in total. The Kier molecular flexibility index (Phi) is 6.86. The van der Waals surface area contributed by atoms with E-state index in [1.165, 1.54) is 23.5 Å². The smallest absolute Gasteiger partial charge is 0.374 e. The van der Waals surface area contributed by atoms with Crippen LogP contribution in [0.15, 0.2) is 46.9 Å². The highest BCUT2D eigenvalue weighted by Gasteiger charge is 2.10. The maximum atomic E-state index is 11.3. The minimum Gasteiger partial charge on any atom is -0.374 e. The summed E-state index contributed by atoms with van der Waals surface area (Å²) in [5.41, 5.74) is 1.90. The van der Waals surface area contributed by atoms with Gasteiger partial charge in [0.1, 0.15) is 5.69 Å². The molecule has 1 heterocycles. The molecule has 8 heteroatoms. The Morgan fingerprint density at radius 1 is 1.29 bits per heavy atom. The molecule has 1 aromatic heterocycles. The number of aryl methyl sites for hydroxylation is 2. The van der Waals surface area contributed by atoms with Gasteiger partial charge in [-0.25, -0.2) is 9.13 Å². The number of carbonyl (C=O) groups excluding carboxylic acids is 1. The van der Waals surface area contributed by atoms with E-state index in [0.29, 0.717) is 0 Å². The lowest BCUT2D eigenvalue weighted by atomic mass is 10.2. The van der Waals surface area contributed by atoms with Crippen LogP contribution in [0.3, 0.4) is 0 Å². The molecule has 0 aliphatic rings. The van der Waals surface area contributed by atoms with E-state index in [2.05, 4.69) is 15.1 Å². The van der Waals surface area contributed by atoms with Gasteiger partial charge in [-0.05, 0) is 30.5 Å². The van der Waals surface area contributed by atoms with Crippen LogP contribution in [0.1, 0.15) is 0 Å². The van der Waals surface area contributed by atoms with Crippen molar-refractivity contribution in [3.63, 3.8) is 0 Å². The number of imidazole rings is 1. The average molecular weight is 365 g/mol. The quantitative estimate of drug-likeness (QED) is 0.576. The fourth-order valence-electron chi connectivity index (χ4n) is 2.05. The van der Waals surface area contributed by atoms with Gasteiger partial charge in [0.05, 0.1) is 26.5 Å². The summed E-state index contributed by atoms with van der Waals surface area (Å²) in [4.78, 5) is 13.4. The van der Waals surface area contributed by atoms with Crippen LogP contribution in [0.4, 0.5) is 22.1 Å². The number of anilines is 1. The van der Waals surface area contributed by atoms with Crippen molar-refractivity contribution in [3.8, 4) is 0 Å². The maximum Gasteiger partial charge on any atom is 0.421 e. The fourth-order valence-corrected chi connectivity index (χ4v) is 3.31. The van der Waals surface area contributed by atoms with Crippen molar-refractivity contribution in [3.05, 3.63) is 36.7 Å². The molecular weight excluding hydrogens is 342 g/mol. The zero-order chi connectivity index (χ0) is 17.5. The normalized spacial score (nSPS) is 11.2. The first-order valence-corrected chi connectivity index (χ1v) is 9.67. The summed E-state index contributed by atoms with van der Waals surface area (Å²) in [5.74, 6) is 1.56. The molecule has 0 aliphatic carbocycles. The highest BCUT2D eigenvalue weighted by Crippen LogP contribution is 2.21. The highest BCUT2D eigenvalue weighted by molar-refractivity contribution is 8.38. The standard InChI is InChI=1S/C16H22N5OS2/c1-19(11-12-24-16(22)23-4)14-7-5-13(6-8-14)17-18-15-20(2)9-10-21(15)3/h5-10H,11-12H2,1-4H3/q+1. The van der Waals surface area contributed by atoms with Crippen LogP contribution >= 0.6 is 23.5 Å². The fraction of sp³-hybridized carbons (Fsp3) is 0.375. The van der Waals surface area contributed by atoms with Crippen LogP contribution in [0.2, 0.25) is 0 Å². The zero-order valence-electron chi connectivity index (χ0n) is 14.3. The molecule has 128 valence electrons. The lowest BCUT2D eigenvalue weighted by Gasteiger charge is -2.18. The van der Waals surface area contributed by atoms with Gasteiger partial charge in [0.25, 0.3) is 0 Å². The summed E-state index contributed by atoms with van der Waals surface area (Å²) < 4.78 is 3.99. The largest absolute Gasteiger partial charge is 0.421 e. The second-order valence-electron chi connectivity index (χ2n) is 5.26. The summed E-state index contributed by atoms with van der Waals surface area (Å²) in [6, 6.07) is 7.91. The average Bonchev–Trinajstić information content (AvgIpc) is 2.91. The Balaban J connectivity index is 1.94. The van der Waals surface area contributed by atoms with Gasteiger partial charge in [-0.1, -0.05) is 28.6 Å². The molecule has 0 N–H and O–H groups in total. The maximum absolute atomic E-state index is 11.3. The summed E-state index contributed by atoms with van der Waals surface area (Å²) in [5, 5.41) is 8.56. The van der Waals surface area contributed by atoms with Crippen molar-refractivity contribution in [2.75, 3.05) is 30.5 Å². The summed E-state index contributed by atoms with van der Waals surface area (Å²) in [6.45, 7) is 0.816. The molecule has 1 aromatic carbocycles. The molecule has 0 atom stereocenters. The third-order valence-electron chi connectivity index (χ3n) is 3.50. The van der Waals surface area contributed by atoms with E-state index in [1.807, 2.05) is 73.2 Å². The first-order valence-electron chi connectivity index (χ1n) is 7.46. The molecule has 0 radical (unpaired) electrons. The lowest BCUT2D eigenvalue weighted by molar-refractivity contribution is -0.657. The molecule has 0 aliphatic heterocycles. The van der Waals surface area contributed by atoms with E-state index in [1.54, 1.807) is 0 Å². The monoisotopic (exact) mass is 364 g/mol. The number of nitrogens with zero attached hydrogens (tertiary/aromatic N) is 5. The molecule has 0 unspecified atom stereocenters. The number of carbonyl (C=O) groups is 1. The minimum absolute atomic E-state index is 0.160.